The molecule has 6 nitrogen and oxygen atoms in total. The summed E-state index contributed by atoms with van der Waals surface area (Å²) in [4.78, 5) is 17.7. The Hall–Kier alpha value is -2.45. The maximum absolute atomic E-state index is 12.6. The van der Waals surface area contributed by atoms with Crippen LogP contribution in [0.5, 0.6) is 0 Å². The fourth-order valence-electron chi connectivity index (χ4n) is 1.35. The summed E-state index contributed by atoms with van der Waals surface area (Å²) in [5.74, 6) is -1.62. The van der Waals surface area contributed by atoms with Crippen molar-refractivity contribution in [3.05, 3.63) is 35.4 Å². The third-order valence-electron chi connectivity index (χ3n) is 2.15. The second kappa shape index (κ2) is 4.34. The number of hydrogen-bond acceptors (Lipinski definition) is 4. The minimum absolute atomic E-state index is 0.102. The number of aryl methyl sites for hydroxylation is 1. The van der Waals surface area contributed by atoms with Crippen molar-refractivity contribution in [1.29, 1.82) is 0 Å². The molecule has 2 aromatic rings. The predicted molar refractivity (Wildman–Crippen MR) is 55.9 cm³/mol. The molecule has 2 heterocycles. The van der Waals surface area contributed by atoms with Gasteiger partial charge >= 0.3 is 12.1 Å². The third-order valence-corrected chi connectivity index (χ3v) is 2.15. The Kier molecular flexibility index (Phi) is 2.97. The average molecular weight is 272 g/mol. The van der Waals surface area contributed by atoms with Crippen molar-refractivity contribution in [3.8, 4) is 5.95 Å². The summed E-state index contributed by atoms with van der Waals surface area (Å²) in [7, 11) is 0. The van der Waals surface area contributed by atoms with E-state index in [0.29, 0.717) is 0 Å². The van der Waals surface area contributed by atoms with Crippen LogP contribution >= 0.6 is 0 Å². The number of alkyl halides is 3. The van der Waals surface area contributed by atoms with Gasteiger partial charge < -0.3 is 5.11 Å². The van der Waals surface area contributed by atoms with Gasteiger partial charge in [0.2, 0.25) is 0 Å². The lowest BCUT2D eigenvalue weighted by atomic mass is 10.3. The van der Waals surface area contributed by atoms with Gasteiger partial charge in [0.15, 0.2) is 5.69 Å². The molecule has 0 bridgehead atoms. The summed E-state index contributed by atoms with van der Waals surface area (Å²) in [5, 5.41) is 12.3. The Labute approximate surface area is 104 Å². The van der Waals surface area contributed by atoms with Gasteiger partial charge in [-0.05, 0) is 19.1 Å². The van der Waals surface area contributed by atoms with Crippen molar-refractivity contribution >= 4 is 5.97 Å². The Bertz CT molecular complexity index is 636. The molecule has 1 N–H and O–H groups in total. The first-order chi connectivity index (χ1) is 8.77. The van der Waals surface area contributed by atoms with Crippen LogP contribution in [-0.4, -0.2) is 30.8 Å². The summed E-state index contributed by atoms with van der Waals surface area (Å²) in [6.45, 7) is 1.38. The number of carbonyl (C=O) groups is 1. The molecule has 100 valence electrons. The van der Waals surface area contributed by atoms with E-state index in [4.69, 9.17) is 5.11 Å². The molecule has 0 aromatic carbocycles. The highest BCUT2D eigenvalue weighted by Crippen LogP contribution is 2.28. The maximum atomic E-state index is 12.6. The van der Waals surface area contributed by atoms with Crippen LogP contribution in [0, 0.1) is 6.92 Å². The van der Waals surface area contributed by atoms with Crippen molar-refractivity contribution in [1.82, 2.24) is 19.7 Å². The van der Waals surface area contributed by atoms with E-state index in [9.17, 15) is 18.0 Å². The zero-order chi connectivity index (χ0) is 14.2. The minimum atomic E-state index is -4.61. The lowest BCUT2D eigenvalue weighted by molar-refractivity contribution is -0.141. The smallest absolute Gasteiger partial charge is 0.433 e. The molecule has 0 aliphatic heterocycles. The van der Waals surface area contributed by atoms with Crippen LogP contribution in [0.3, 0.4) is 0 Å². The number of rotatable bonds is 2. The Balaban J connectivity index is 2.50. The number of carboxylic acids is 1. The summed E-state index contributed by atoms with van der Waals surface area (Å²) in [6.07, 6.45) is -3.43. The van der Waals surface area contributed by atoms with Crippen LogP contribution in [0.4, 0.5) is 13.2 Å². The molecular weight excluding hydrogens is 265 g/mol. The number of carboxylic acid groups (broad SMARTS) is 1. The van der Waals surface area contributed by atoms with E-state index in [0.717, 1.165) is 16.8 Å². The first-order valence-corrected chi connectivity index (χ1v) is 4.99. The lowest BCUT2D eigenvalue weighted by Gasteiger charge is -2.08. The molecule has 0 aliphatic rings. The molecule has 0 fully saturated rings. The zero-order valence-corrected chi connectivity index (χ0v) is 9.51. The topological polar surface area (TPSA) is 80.9 Å². The molecule has 0 atom stereocenters. The van der Waals surface area contributed by atoms with Crippen molar-refractivity contribution in [2.75, 3.05) is 0 Å². The normalized spacial score (nSPS) is 11.6. The highest BCUT2D eigenvalue weighted by atomic mass is 19.4. The van der Waals surface area contributed by atoms with Crippen molar-refractivity contribution in [2.45, 2.75) is 13.1 Å². The van der Waals surface area contributed by atoms with Crippen LogP contribution in [0.2, 0.25) is 0 Å². The average Bonchev–Trinajstić information content (AvgIpc) is 2.76. The molecule has 0 spiro atoms. The van der Waals surface area contributed by atoms with E-state index in [1.807, 2.05) is 0 Å². The third kappa shape index (κ3) is 2.69. The van der Waals surface area contributed by atoms with Crippen molar-refractivity contribution in [3.63, 3.8) is 0 Å². The molecule has 0 unspecified atom stereocenters. The molecule has 2 aromatic heterocycles. The molecular formula is C10H7F3N4O2. The summed E-state index contributed by atoms with van der Waals surface area (Å²) in [5.41, 5.74) is -1.31. The predicted octanol–water partition coefficient (Wildman–Crippen LogP) is 1.69. The Morgan fingerprint density at radius 3 is 2.58 bits per heavy atom. The van der Waals surface area contributed by atoms with Crippen molar-refractivity contribution in [2.24, 2.45) is 0 Å². The largest absolute Gasteiger partial charge is 0.476 e. The number of aromatic carboxylic acids is 1. The first kappa shape index (κ1) is 13.0. The minimum Gasteiger partial charge on any atom is -0.476 e. The SMILES string of the molecule is Cc1cc(C(F)(F)F)nc(-n2ccc(C(=O)O)n2)n1. The van der Waals surface area contributed by atoms with Gasteiger partial charge in [0.05, 0.1) is 0 Å². The molecule has 0 radical (unpaired) electrons. The molecule has 0 aliphatic carbocycles. The van der Waals surface area contributed by atoms with Crippen LogP contribution in [0.1, 0.15) is 21.9 Å². The fourth-order valence-corrected chi connectivity index (χ4v) is 1.35. The van der Waals surface area contributed by atoms with Crippen LogP contribution in [0.25, 0.3) is 5.95 Å². The molecule has 19 heavy (non-hydrogen) atoms. The summed E-state index contributed by atoms with van der Waals surface area (Å²) < 4.78 is 38.6. The van der Waals surface area contributed by atoms with Gasteiger partial charge in [-0.3, -0.25) is 0 Å². The van der Waals surface area contributed by atoms with Gasteiger partial charge in [0.1, 0.15) is 5.69 Å². The van der Waals surface area contributed by atoms with Gasteiger partial charge in [0, 0.05) is 11.9 Å². The van der Waals surface area contributed by atoms with E-state index >= 15 is 0 Å². The standard InChI is InChI=1S/C10H7F3N4O2/c1-5-4-7(10(11,12)13)15-9(14-5)17-3-2-6(16-17)8(18)19/h2-4H,1H3,(H,18,19). The fraction of sp³-hybridized carbons (Fsp3) is 0.200. The van der Waals surface area contributed by atoms with Gasteiger partial charge in [-0.1, -0.05) is 0 Å². The monoisotopic (exact) mass is 272 g/mol. The molecule has 0 amide bonds. The second-order valence-corrected chi connectivity index (χ2v) is 3.64. The zero-order valence-electron chi connectivity index (χ0n) is 9.51. The summed E-state index contributed by atoms with van der Waals surface area (Å²) >= 11 is 0. The van der Waals surface area contributed by atoms with E-state index < -0.39 is 17.8 Å². The van der Waals surface area contributed by atoms with E-state index in [-0.39, 0.29) is 17.3 Å². The highest BCUT2D eigenvalue weighted by Gasteiger charge is 2.33. The van der Waals surface area contributed by atoms with Gasteiger partial charge in [-0.15, -0.1) is 0 Å². The van der Waals surface area contributed by atoms with Crippen molar-refractivity contribution < 1.29 is 23.1 Å². The Morgan fingerprint density at radius 1 is 1.37 bits per heavy atom. The van der Waals surface area contributed by atoms with E-state index in [2.05, 4.69) is 15.1 Å². The summed E-state index contributed by atoms with van der Waals surface area (Å²) in [6, 6.07) is 1.94. The highest BCUT2D eigenvalue weighted by molar-refractivity contribution is 5.85. The van der Waals surface area contributed by atoms with Gasteiger partial charge in [-0.25, -0.2) is 19.4 Å². The van der Waals surface area contributed by atoms with E-state index in [1.165, 1.54) is 13.1 Å². The number of halogens is 3. The van der Waals surface area contributed by atoms with Crippen LogP contribution in [-0.2, 0) is 6.18 Å². The van der Waals surface area contributed by atoms with Gasteiger partial charge in [-0.2, -0.15) is 18.3 Å². The lowest BCUT2D eigenvalue weighted by Crippen LogP contribution is -2.13. The van der Waals surface area contributed by atoms with E-state index in [1.54, 1.807) is 0 Å². The molecule has 0 saturated carbocycles. The second-order valence-electron chi connectivity index (χ2n) is 3.64. The molecule has 9 heteroatoms. The number of hydrogen-bond donors (Lipinski definition) is 1. The first-order valence-electron chi connectivity index (χ1n) is 4.99. The van der Waals surface area contributed by atoms with Crippen LogP contribution < -0.4 is 0 Å². The van der Waals surface area contributed by atoms with Gasteiger partial charge in [0.25, 0.3) is 5.95 Å². The number of nitrogens with zero attached hydrogens (tertiary/aromatic N) is 4. The number of aromatic nitrogens is 4. The molecule has 0 saturated heterocycles. The molecule has 2 rings (SSSR count). The van der Waals surface area contributed by atoms with Crippen LogP contribution in [0.15, 0.2) is 18.3 Å². The quantitative estimate of drug-likeness (QED) is 0.899. The maximum Gasteiger partial charge on any atom is 0.433 e. The Morgan fingerprint density at radius 2 is 2.05 bits per heavy atom.